The summed E-state index contributed by atoms with van der Waals surface area (Å²) >= 11 is 3.18. The van der Waals surface area contributed by atoms with Gasteiger partial charge in [0.1, 0.15) is 5.01 Å². The third-order valence-corrected chi connectivity index (χ3v) is 9.13. The summed E-state index contributed by atoms with van der Waals surface area (Å²) in [5.74, 6) is 0.334. The van der Waals surface area contributed by atoms with E-state index >= 15 is 0 Å². The molecule has 2 heterocycles. The normalized spacial score (nSPS) is 18.1. The standard InChI is InChI=1S/C32H35N5O5S2/c1-20-36-37-32(44-20)43-19-25-17-28(22-11-9-21(18-38)10-12-22)42-31(41-25)23-13-15-24(16-14-23)34-29(39)7-4-8-30(40)35-27-6-3-2-5-26(27)33/h2-3,5-6,9-16,25,28,31,38H,4,7-8,17-19,33H2,1H3,(H,34,39)(H,35,40)/t25-,28+,31+/m1/s1. The number of nitrogens with two attached hydrogens (primary N) is 1. The molecule has 1 aromatic heterocycles. The number of nitrogen functional groups attached to an aromatic ring is 1. The zero-order chi connectivity index (χ0) is 30.9. The predicted molar refractivity (Wildman–Crippen MR) is 172 cm³/mol. The van der Waals surface area contributed by atoms with Gasteiger partial charge in [-0.15, -0.1) is 10.2 Å². The zero-order valence-electron chi connectivity index (χ0n) is 24.3. The van der Waals surface area contributed by atoms with Crippen LogP contribution in [0, 0.1) is 6.92 Å². The Kier molecular flexibility index (Phi) is 11.0. The van der Waals surface area contributed by atoms with Gasteiger partial charge in [0.15, 0.2) is 10.6 Å². The number of ether oxygens (including phenoxy) is 2. The van der Waals surface area contributed by atoms with Crippen LogP contribution in [0.2, 0.25) is 0 Å². The lowest BCUT2D eigenvalue weighted by molar-refractivity contribution is -0.245. The Bertz CT molecular complexity index is 1550. The Morgan fingerprint density at radius 1 is 0.955 bits per heavy atom. The summed E-state index contributed by atoms with van der Waals surface area (Å²) in [6.45, 7) is 1.92. The lowest BCUT2D eigenvalue weighted by Crippen LogP contribution is -2.31. The molecule has 1 saturated heterocycles. The molecule has 2 amide bonds. The van der Waals surface area contributed by atoms with Crippen LogP contribution in [-0.2, 0) is 25.7 Å². The van der Waals surface area contributed by atoms with Crippen molar-refractivity contribution in [3.8, 4) is 0 Å². The molecule has 12 heteroatoms. The van der Waals surface area contributed by atoms with Gasteiger partial charge in [0.25, 0.3) is 0 Å². The number of aryl methyl sites for hydroxylation is 1. The number of hydrogen-bond acceptors (Lipinski definition) is 10. The van der Waals surface area contributed by atoms with Gasteiger partial charge in [-0.25, -0.2) is 0 Å². The average Bonchev–Trinajstić information content (AvgIpc) is 3.46. The fourth-order valence-electron chi connectivity index (χ4n) is 4.70. The van der Waals surface area contributed by atoms with Crippen LogP contribution in [0.15, 0.2) is 77.1 Å². The highest BCUT2D eigenvalue weighted by Crippen LogP contribution is 2.40. The van der Waals surface area contributed by atoms with E-state index in [4.69, 9.17) is 15.2 Å². The maximum Gasteiger partial charge on any atom is 0.224 e. The van der Waals surface area contributed by atoms with Crippen LogP contribution in [0.4, 0.5) is 17.1 Å². The minimum atomic E-state index is -0.602. The van der Waals surface area contributed by atoms with Gasteiger partial charge in [-0.3, -0.25) is 9.59 Å². The van der Waals surface area contributed by atoms with Crippen molar-refractivity contribution in [3.63, 3.8) is 0 Å². The van der Waals surface area contributed by atoms with Gasteiger partial charge in [0, 0.05) is 36.3 Å². The van der Waals surface area contributed by atoms with Gasteiger partial charge in [-0.05, 0) is 48.7 Å². The van der Waals surface area contributed by atoms with E-state index in [0.29, 0.717) is 35.7 Å². The van der Waals surface area contributed by atoms with E-state index in [9.17, 15) is 14.7 Å². The molecule has 0 unspecified atom stereocenters. The molecule has 0 radical (unpaired) electrons. The van der Waals surface area contributed by atoms with Gasteiger partial charge in [0.05, 0.1) is 30.2 Å². The van der Waals surface area contributed by atoms with E-state index in [0.717, 1.165) is 26.0 Å². The predicted octanol–water partition coefficient (Wildman–Crippen LogP) is 6.01. The van der Waals surface area contributed by atoms with Crippen molar-refractivity contribution in [1.82, 2.24) is 10.2 Å². The highest BCUT2D eigenvalue weighted by Gasteiger charge is 2.32. The molecule has 10 nitrogen and oxygen atoms in total. The molecule has 3 atom stereocenters. The lowest BCUT2D eigenvalue weighted by atomic mass is 10.0. The number of thioether (sulfide) groups is 1. The van der Waals surface area contributed by atoms with Crippen LogP contribution < -0.4 is 16.4 Å². The number of hydrogen-bond donors (Lipinski definition) is 4. The number of aliphatic hydroxyl groups excluding tert-OH is 1. The zero-order valence-corrected chi connectivity index (χ0v) is 25.9. The second kappa shape index (κ2) is 15.3. The van der Waals surface area contributed by atoms with Crippen molar-refractivity contribution in [2.45, 2.75) is 62.1 Å². The van der Waals surface area contributed by atoms with Crippen LogP contribution >= 0.6 is 23.1 Å². The summed E-state index contributed by atoms with van der Waals surface area (Å²) in [6, 6.07) is 22.2. The second-order valence-corrected chi connectivity index (χ2v) is 12.9. The molecule has 230 valence electrons. The second-order valence-electron chi connectivity index (χ2n) is 10.4. The fourth-order valence-corrected chi connectivity index (χ4v) is 6.56. The summed E-state index contributed by atoms with van der Waals surface area (Å²) in [5.41, 5.74) is 10.3. The Balaban J connectivity index is 1.16. The monoisotopic (exact) mass is 633 g/mol. The van der Waals surface area contributed by atoms with E-state index in [2.05, 4.69) is 20.8 Å². The molecule has 3 aromatic carbocycles. The molecule has 5 rings (SSSR count). The molecule has 4 aromatic rings. The van der Waals surface area contributed by atoms with Crippen LogP contribution in [0.5, 0.6) is 0 Å². The number of anilines is 3. The largest absolute Gasteiger partial charge is 0.397 e. The van der Waals surface area contributed by atoms with Crippen molar-refractivity contribution in [1.29, 1.82) is 0 Å². The number of carbonyl (C=O) groups is 2. The molecule has 0 bridgehead atoms. The Hall–Kier alpha value is -3.81. The third kappa shape index (κ3) is 8.87. The molecular weight excluding hydrogens is 599 g/mol. The fraction of sp³-hybridized carbons (Fsp3) is 0.312. The number of aromatic nitrogens is 2. The molecule has 1 fully saturated rings. The van der Waals surface area contributed by atoms with Crippen molar-refractivity contribution in [2.75, 3.05) is 22.1 Å². The Labute approximate surface area is 264 Å². The van der Waals surface area contributed by atoms with E-state index in [1.165, 1.54) is 0 Å². The summed E-state index contributed by atoms with van der Waals surface area (Å²) in [7, 11) is 0. The topological polar surface area (TPSA) is 149 Å². The van der Waals surface area contributed by atoms with Crippen molar-refractivity contribution in [2.24, 2.45) is 0 Å². The number of rotatable bonds is 12. The summed E-state index contributed by atoms with van der Waals surface area (Å²) in [4.78, 5) is 24.8. The van der Waals surface area contributed by atoms with Crippen LogP contribution in [-0.4, -0.2) is 39.0 Å². The van der Waals surface area contributed by atoms with Gasteiger partial charge >= 0.3 is 0 Å². The summed E-state index contributed by atoms with van der Waals surface area (Å²) < 4.78 is 13.7. The number of nitrogens with one attached hydrogen (secondary N) is 2. The van der Waals surface area contributed by atoms with Gasteiger partial charge in [0.2, 0.25) is 11.8 Å². The number of para-hydroxylation sites is 2. The highest BCUT2D eigenvalue weighted by molar-refractivity contribution is 8.01. The van der Waals surface area contributed by atoms with Crippen molar-refractivity contribution in [3.05, 3.63) is 94.5 Å². The number of carbonyl (C=O) groups excluding carboxylic acids is 2. The SMILES string of the molecule is Cc1nnc(SC[C@H]2C[C@@H](c3ccc(CO)cc3)O[C@@H](c3ccc(NC(=O)CCCC(=O)Nc4ccccc4N)cc3)O2)s1. The minimum absolute atomic E-state index is 0.0138. The molecule has 1 aliphatic rings. The molecule has 5 N–H and O–H groups in total. The van der Waals surface area contributed by atoms with E-state index in [1.807, 2.05) is 55.5 Å². The maximum absolute atomic E-state index is 12.5. The first-order valence-electron chi connectivity index (χ1n) is 14.3. The van der Waals surface area contributed by atoms with Gasteiger partial charge in [-0.2, -0.15) is 0 Å². The molecule has 0 aliphatic carbocycles. The van der Waals surface area contributed by atoms with Crippen molar-refractivity contribution < 1.29 is 24.2 Å². The third-order valence-electron chi connectivity index (χ3n) is 7.02. The van der Waals surface area contributed by atoms with Crippen molar-refractivity contribution >= 4 is 52.0 Å². The number of amides is 2. The summed E-state index contributed by atoms with van der Waals surface area (Å²) in [6.07, 6.45) is 0.596. The quantitative estimate of drug-likeness (QED) is 0.109. The van der Waals surface area contributed by atoms with Crippen LogP contribution in [0.1, 0.15) is 59.8 Å². The maximum atomic E-state index is 12.5. The first-order chi connectivity index (χ1) is 21.4. The number of aliphatic hydroxyl groups is 1. The molecule has 0 spiro atoms. The van der Waals surface area contributed by atoms with E-state index in [1.54, 1.807) is 47.4 Å². The highest BCUT2D eigenvalue weighted by atomic mass is 32.2. The molecule has 0 saturated carbocycles. The van der Waals surface area contributed by atoms with E-state index < -0.39 is 6.29 Å². The van der Waals surface area contributed by atoms with E-state index in [-0.39, 0.29) is 43.5 Å². The van der Waals surface area contributed by atoms with Crippen LogP contribution in [0.25, 0.3) is 0 Å². The Morgan fingerprint density at radius 3 is 2.34 bits per heavy atom. The number of nitrogens with zero attached hydrogens (tertiary/aromatic N) is 2. The van der Waals surface area contributed by atoms with Gasteiger partial charge < -0.3 is 30.9 Å². The minimum Gasteiger partial charge on any atom is -0.397 e. The molecule has 44 heavy (non-hydrogen) atoms. The smallest absolute Gasteiger partial charge is 0.224 e. The van der Waals surface area contributed by atoms with Crippen LogP contribution in [0.3, 0.4) is 0 Å². The molecule has 1 aliphatic heterocycles. The average molecular weight is 634 g/mol. The first kappa shape index (κ1) is 31.6. The van der Waals surface area contributed by atoms with Gasteiger partial charge in [-0.1, -0.05) is 71.6 Å². The first-order valence-corrected chi connectivity index (χ1v) is 16.1. The molecular formula is C32H35N5O5S2. The lowest BCUT2D eigenvalue weighted by Gasteiger charge is -2.36. The summed E-state index contributed by atoms with van der Waals surface area (Å²) in [5, 5.41) is 24.3. The Morgan fingerprint density at radius 2 is 1.66 bits per heavy atom. The number of benzene rings is 3.